The van der Waals surface area contributed by atoms with Crippen LogP contribution in [0.2, 0.25) is 0 Å². The van der Waals surface area contributed by atoms with Gasteiger partial charge in [0.15, 0.2) is 0 Å². The van der Waals surface area contributed by atoms with Crippen molar-refractivity contribution in [3.63, 3.8) is 0 Å². The zero-order valence-electron chi connectivity index (χ0n) is 12.6. The Bertz CT molecular complexity index is 478. The van der Waals surface area contributed by atoms with Gasteiger partial charge in [0.1, 0.15) is 12.6 Å². The fourth-order valence-electron chi connectivity index (χ4n) is 2.14. The average molecular weight is 279 g/mol. The van der Waals surface area contributed by atoms with Crippen molar-refractivity contribution in [1.29, 1.82) is 0 Å². The molecule has 1 rings (SSSR count). The number of ether oxygens (including phenoxy) is 2. The number of rotatable bonds is 5. The van der Waals surface area contributed by atoms with Crippen molar-refractivity contribution in [3.8, 4) is 0 Å². The minimum absolute atomic E-state index is 0.0890. The number of anilines is 1. The van der Waals surface area contributed by atoms with Gasteiger partial charge < -0.3 is 9.47 Å². The third-order valence-electron chi connectivity index (χ3n) is 2.95. The molecule has 1 aromatic rings. The number of esters is 1. The van der Waals surface area contributed by atoms with E-state index in [0.717, 1.165) is 11.1 Å². The zero-order chi connectivity index (χ0) is 15.3. The average Bonchev–Trinajstić information content (AvgIpc) is 2.37. The Morgan fingerprint density at radius 2 is 1.70 bits per heavy atom. The maximum atomic E-state index is 12.2. The molecule has 0 aliphatic heterocycles. The molecule has 5 heteroatoms. The van der Waals surface area contributed by atoms with Crippen molar-refractivity contribution in [2.45, 2.75) is 26.8 Å². The van der Waals surface area contributed by atoms with Gasteiger partial charge in [0.2, 0.25) is 0 Å². The molecular formula is C15H21NO4. The van der Waals surface area contributed by atoms with E-state index in [2.05, 4.69) is 0 Å². The van der Waals surface area contributed by atoms with Gasteiger partial charge in [-0.15, -0.1) is 0 Å². The van der Waals surface area contributed by atoms with E-state index in [-0.39, 0.29) is 12.5 Å². The Labute approximate surface area is 119 Å². The molecule has 0 heterocycles. The molecule has 0 unspecified atom stereocenters. The third kappa shape index (κ3) is 3.81. The van der Waals surface area contributed by atoms with Crippen LogP contribution in [0, 0.1) is 13.8 Å². The molecule has 0 N–H and O–H groups in total. The minimum atomic E-state index is -0.705. The second-order valence-electron chi connectivity index (χ2n) is 4.74. The molecular weight excluding hydrogens is 258 g/mol. The van der Waals surface area contributed by atoms with Crippen LogP contribution in [-0.4, -0.2) is 38.7 Å². The maximum Gasteiger partial charge on any atom is 0.328 e. The molecule has 1 atom stereocenters. The van der Waals surface area contributed by atoms with E-state index in [4.69, 9.17) is 9.47 Å². The van der Waals surface area contributed by atoms with E-state index in [1.165, 1.54) is 19.1 Å². The molecule has 0 bridgehead atoms. The van der Waals surface area contributed by atoms with Gasteiger partial charge in [-0.3, -0.25) is 9.69 Å². The van der Waals surface area contributed by atoms with Crippen molar-refractivity contribution >= 4 is 17.6 Å². The van der Waals surface area contributed by atoms with Gasteiger partial charge in [0.25, 0.3) is 5.91 Å². The summed E-state index contributed by atoms with van der Waals surface area (Å²) in [6.45, 7) is 5.43. The second kappa shape index (κ2) is 7.05. The Balaban J connectivity index is 3.22. The fraction of sp³-hybridized carbons (Fsp3) is 0.467. The number of aryl methyl sites for hydroxylation is 2. The maximum absolute atomic E-state index is 12.2. The summed E-state index contributed by atoms with van der Waals surface area (Å²) in [6, 6.07) is 5.02. The number of amides is 1. The van der Waals surface area contributed by atoms with Crippen LogP contribution in [0.3, 0.4) is 0 Å². The van der Waals surface area contributed by atoms with Crippen molar-refractivity contribution in [2.24, 2.45) is 0 Å². The summed E-state index contributed by atoms with van der Waals surface area (Å²) in [5.74, 6) is -0.746. The van der Waals surface area contributed by atoms with Gasteiger partial charge in [-0.25, -0.2) is 4.79 Å². The fourth-order valence-corrected chi connectivity index (χ4v) is 2.14. The predicted molar refractivity (Wildman–Crippen MR) is 76.8 cm³/mol. The highest BCUT2D eigenvalue weighted by molar-refractivity contribution is 6.00. The number of benzene rings is 1. The Kier molecular flexibility index (Phi) is 5.70. The number of nitrogens with zero attached hydrogens (tertiary/aromatic N) is 1. The van der Waals surface area contributed by atoms with Crippen molar-refractivity contribution < 1.29 is 19.1 Å². The Hall–Kier alpha value is -1.88. The topological polar surface area (TPSA) is 55.8 Å². The molecule has 0 spiro atoms. The standard InChI is InChI=1S/C15H21NO4/c1-10-6-11(2)8-13(7-10)16(14(17)9-19-4)12(3)15(18)20-5/h6-8,12H,9H2,1-5H3/t12-/m0/s1. The molecule has 0 fully saturated rings. The smallest absolute Gasteiger partial charge is 0.328 e. The van der Waals surface area contributed by atoms with Crippen LogP contribution in [0.25, 0.3) is 0 Å². The zero-order valence-corrected chi connectivity index (χ0v) is 12.6. The van der Waals surface area contributed by atoms with Gasteiger partial charge in [0.05, 0.1) is 7.11 Å². The highest BCUT2D eigenvalue weighted by atomic mass is 16.5. The number of carbonyl (C=O) groups is 2. The summed E-state index contributed by atoms with van der Waals surface area (Å²) < 4.78 is 9.62. The normalized spacial score (nSPS) is 11.8. The lowest BCUT2D eigenvalue weighted by molar-refractivity contribution is -0.143. The molecule has 110 valence electrons. The van der Waals surface area contributed by atoms with Crippen LogP contribution in [-0.2, 0) is 19.1 Å². The lowest BCUT2D eigenvalue weighted by Crippen LogP contribution is -2.45. The molecule has 0 saturated carbocycles. The van der Waals surface area contributed by atoms with Gasteiger partial charge >= 0.3 is 5.97 Å². The number of hydrogen-bond acceptors (Lipinski definition) is 4. The molecule has 0 aromatic heterocycles. The molecule has 0 saturated heterocycles. The Morgan fingerprint density at radius 3 is 2.15 bits per heavy atom. The number of carbonyl (C=O) groups excluding carboxylic acids is 2. The minimum Gasteiger partial charge on any atom is -0.467 e. The van der Waals surface area contributed by atoms with Crippen molar-refractivity contribution in [2.75, 3.05) is 25.7 Å². The van der Waals surface area contributed by atoms with Crippen LogP contribution in [0.15, 0.2) is 18.2 Å². The first-order chi connectivity index (χ1) is 9.40. The van der Waals surface area contributed by atoms with E-state index in [1.54, 1.807) is 6.92 Å². The summed E-state index contributed by atoms with van der Waals surface area (Å²) >= 11 is 0. The lowest BCUT2D eigenvalue weighted by atomic mass is 10.1. The summed E-state index contributed by atoms with van der Waals surface area (Å²) in [5.41, 5.74) is 2.71. The SMILES string of the molecule is COCC(=O)N(c1cc(C)cc(C)c1)[C@@H](C)C(=O)OC. The second-order valence-corrected chi connectivity index (χ2v) is 4.74. The van der Waals surface area contributed by atoms with E-state index in [9.17, 15) is 9.59 Å². The van der Waals surface area contributed by atoms with Crippen LogP contribution in [0.5, 0.6) is 0 Å². The van der Waals surface area contributed by atoms with Gasteiger partial charge in [-0.05, 0) is 44.0 Å². The summed E-state index contributed by atoms with van der Waals surface area (Å²) in [5, 5.41) is 0. The largest absolute Gasteiger partial charge is 0.467 e. The first-order valence-electron chi connectivity index (χ1n) is 6.37. The van der Waals surface area contributed by atoms with Crippen molar-refractivity contribution in [1.82, 2.24) is 0 Å². The van der Waals surface area contributed by atoms with E-state index < -0.39 is 12.0 Å². The Morgan fingerprint density at radius 1 is 1.15 bits per heavy atom. The molecule has 0 aliphatic rings. The van der Waals surface area contributed by atoms with Crippen LogP contribution in [0.1, 0.15) is 18.1 Å². The molecule has 1 amide bonds. The van der Waals surface area contributed by atoms with E-state index in [0.29, 0.717) is 5.69 Å². The highest BCUT2D eigenvalue weighted by Gasteiger charge is 2.28. The first kappa shape index (κ1) is 16.2. The van der Waals surface area contributed by atoms with Gasteiger partial charge in [-0.2, -0.15) is 0 Å². The van der Waals surface area contributed by atoms with Gasteiger partial charge in [0, 0.05) is 12.8 Å². The first-order valence-corrected chi connectivity index (χ1v) is 6.37. The quantitative estimate of drug-likeness (QED) is 0.772. The van der Waals surface area contributed by atoms with Crippen molar-refractivity contribution in [3.05, 3.63) is 29.3 Å². The number of hydrogen-bond donors (Lipinski definition) is 0. The molecule has 0 radical (unpaired) electrons. The van der Waals surface area contributed by atoms with E-state index in [1.807, 2.05) is 32.0 Å². The summed E-state index contributed by atoms with van der Waals surface area (Å²) in [6.07, 6.45) is 0. The molecule has 20 heavy (non-hydrogen) atoms. The van der Waals surface area contributed by atoms with E-state index >= 15 is 0 Å². The summed E-state index contributed by atoms with van der Waals surface area (Å²) in [4.78, 5) is 25.4. The lowest BCUT2D eigenvalue weighted by Gasteiger charge is -2.28. The third-order valence-corrected chi connectivity index (χ3v) is 2.95. The van der Waals surface area contributed by atoms with Gasteiger partial charge in [-0.1, -0.05) is 6.07 Å². The molecule has 0 aliphatic carbocycles. The van der Waals surface area contributed by atoms with Crippen LogP contribution < -0.4 is 4.90 Å². The number of methoxy groups -OCH3 is 2. The van der Waals surface area contributed by atoms with Crippen LogP contribution in [0.4, 0.5) is 5.69 Å². The monoisotopic (exact) mass is 279 g/mol. The molecule has 1 aromatic carbocycles. The molecule has 5 nitrogen and oxygen atoms in total. The predicted octanol–water partition coefficient (Wildman–Crippen LogP) is 1.84. The van der Waals surface area contributed by atoms with Crippen LogP contribution >= 0.6 is 0 Å². The summed E-state index contributed by atoms with van der Waals surface area (Å²) in [7, 11) is 2.75. The highest BCUT2D eigenvalue weighted by Crippen LogP contribution is 2.22.